The Morgan fingerprint density at radius 2 is 2.00 bits per heavy atom. The van der Waals surface area contributed by atoms with E-state index in [2.05, 4.69) is 11.9 Å². The van der Waals surface area contributed by atoms with E-state index in [0.29, 0.717) is 0 Å². The van der Waals surface area contributed by atoms with Crippen LogP contribution in [-0.2, 0) is 11.0 Å². The van der Waals surface area contributed by atoms with E-state index >= 15 is 0 Å². The second-order valence-corrected chi connectivity index (χ2v) is 4.15. The molecule has 1 aliphatic heterocycles. The van der Waals surface area contributed by atoms with Crippen molar-refractivity contribution in [3.8, 4) is 0 Å². The molecule has 3 nitrogen and oxygen atoms in total. The lowest BCUT2D eigenvalue weighted by Crippen LogP contribution is -2.36. The average molecular weight is 162 g/mol. The molecule has 0 radical (unpaired) electrons. The summed E-state index contributed by atoms with van der Waals surface area (Å²) in [6.45, 7) is 2.07. The molecule has 0 aliphatic carbocycles. The van der Waals surface area contributed by atoms with Crippen molar-refractivity contribution in [1.82, 2.24) is 4.90 Å². The van der Waals surface area contributed by atoms with Crippen LogP contribution in [0, 0.1) is 0 Å². The van der Waals surface area contributed by atoms with Gasteiger partial charge in [0, 0.05) is 0 Å². The molecule has 0 spiro atoms. The topological polar surface area (TPSA) is 46.3 Å². The minimum absolute atomic E-state index is 0.246. The third kappa shape index (κ3) is 2.04. The largest absolute Gasteiger partial charge is 0.306 e. The van der Waals surface area contributed by atoms with Gasteiger partial charge in [0.25, 0.3) is 0 Å². The van der Waals surface area contributed by atoms with Gasteiger partial charge in [-0.3, -0.25) is 5.14 Å². The molecule has 0 saturated carbocycles. The number of hydrogen-bond acceptors (Lipinski definition) is 2. The highest BCUT2D eigenvalue weighted by Gasteiger charge is 2.19. The van der Waals surface area contributed by atoms with Crippen LogP contribution in [0.4, 0.5) is 0 Å². The standard InChI is InChI=1S/C6H14N2OS/c1-8-4-2-6(3-5-8)10(7)9/h6H,2-5,7H2,1H3. The van der Waals surface area contributed by atoms with Gasteiger partial charge in [0.05, 0.1) is 16.2 Å². The lowest BCUT2D eigenvalue weighted by Gasteiger charge is -2.26. The smallest absolute Gasteiger partial charge is 0.0920 e. The Kier molecular flexibility index (Phi) is 2.82. The fourth-order valence-electron chi connectivity index (χ4n) is 1.22. The summed E-state index contributed by atoms with van der Waals surface area (Å²) in [6, 6.07) is 0. The first-order valence-corrected chi connectivity index (χ1v) is 4.81. The van der Waals surface area contributed by atoms with E-state index in [-0.39, 0.29) is 5.25 Å². The Labute approximate surface area is 64.2 Å². The van der Waals surface area contributed by atoms with E-state index in [1.54, 1.807) is 0 Å². The zero-order valence-electron chi connectivity index (χ0n) is 6.25. The first-order chi connectivity index (χ1) is 4.70. The molecule has 1 unspecified atom stereocenters. The maximum absolute atomic E-state index is 10.8. The normalized spacial score (nSPS) is 26.6. The summed E-state index contributed by atoms with van der Waals surface area (Å²) < 4.78 is 10.8. The summed E-state index contributed by atoms with van der Waals surface area (Å²) in [5.41, 5.74) is 0. The van der Waals surface area contributed by atoms with E-state index < -0.39 is 11.0 Å². The summed E-state index contributed by atoms with van der Waals surface area (Å²) in [5.74, 6) is 0. The van der Waals surface area contributed by atoms with Crippen LogP contribution < -0.4 is 5.14 Å². The molecule has 0 bridgehead atoms. The zero-order chi connectivity index (χ0) is 7.56. The van der Waals surface area contributed by atoms with Gasteiger partial charge in [-0.15, -0.1) is 0 Å². The van der Waals surface area contributed by atoms with Crippen molar-refractivity contribution < 1.29 is 4.21 Å². The van der Waals surface area contributed by atoms with Gasteiger partial charge in [-0.1, -0.05) is 0 Å². The first-order valence-electron chi connectivity index (χ1n) is 3.53. The Morgan fingerprint density at radius 3 is 2.40 bits per heavy atom. The lowest BCUT2D eigenvalue weighted by molar-refractivity contribution is 0.280. The van der Waals surface area contributed by atoms with Gasteiger partial charge in [-0.25, -0.2) is 4.21 Å². The average Bonchev–Trinajstić information content (AvgIpc) is 1.88. The summed E-state index contributed by atoms with van der Waals surface area (Å²) in [4.78, 5) is 2.24. The molecule has 60 valence electrons. The van der Waals surface area contributed by atoms with Crippen molar-refractivity contribution in [1.29, 1.82) is 0 Å². The van der Waals surface area contributed by atoms with Crippen molar-refractivity contribution in [3.05, 3.63) is 0 Å². The molecule has 1 heterocycles. The molecule has 0 amide bonds. The monoisotopic (exact) mass is 162 g/mol. The SMILES string of the molecule is CN1CCC(S(N)=O)CC1. The number of hydrogen-bond donors (Lipinski definition) is 1. The molecule has 0 aromatic heterocycles. The van der Waals surface area contributed by atoms with E-state index in [4.69, 9.17) is 5.14 Å². The highest BCUT2D eigenvalue weighted by Crippen LogP contribution is 2.11. The highest BCUT2D eigenvalue weighted by atomic mass is 32.2. The number of piperidine rings is 1. The van der Waals surface area contributed by atoms with Crippen molar-refractivity contribution in [2.45, 2.75) is 18.1 Å². The summed E-state index contributed by atoms with van der Waals surface area (Å²) >= 11 is 0. The highest BCUT2D eigenvalue weighted by molar-refractivity contribution is 7.83. The van der Waals surface area contributed by atoms with Crippen LogP contribution in [0.15, 0.2) is 0 Å². The molecule has 0 aromatic rings. The fraction of sp³-hybridized carbons (Fsp3) is 1.00. The summed E-state index contributed by atoms with van der Waals surface area (Å²) in [7, 11) is 0.985. The third-order valence-corrected chi connectivity index (χ3v) is 3.12. The number of nitrogens with two attached hydrogens (primary N) is 1. The zero-order valence-corrected chi connectivity index (χ0v) is 7.06. The van der Waals surface area contributed by atoms with Gasteiger partial charge in [-0.2, -0.15) is 0 Å². The third-order valence-electron chi connectivity index (χ3n) is 1.99. The van der Waals surface area contributed by atoms with Crippen molar-refractivity contribution in [2.24, 2.45) is 5.14 Å². The van der Waals surface area contributed by atoms with E-state index in [1.165, 1.54) is 0 Å². The number of nitrogens with zero attached hydrogens (tertiary/aromatic N) is 1. The van der Waals surface area contributed by atoms with E-state index in [0.717, 1.165) is 25.9 Å². The maximum Gasteiger partial charge on any atom is 0.0920 e. The van der Waals surface area contributed by atoms with Gasteiger partial charge in [0.1, 0.15) is 0 Å². The van der Waals surface area contributed by atoms with Gasteiger partial charge >= 0.3 is 0 Å². The molecule has 1 atom stereocenters. The van der Waals surface area contributed by atoms with Crippen LogP contribution in [0.3, 0.4) is 0 Å². The predicted molar refractivity (Wildman–Crippen MR) is 42.8 cm³/mol. The maximum atomic E-state index is 10.8. The molecular formula is C6H14N2OS. The Morgan fingerprint density at radius 1 is 1.50 bits per heavy atom. The van der Waals surface area contributed by atoms with Gasteiger partial charge in [0.15, 0.2) is 0 Å². The Balaban J connectivity index is 2.33. The molecule has 2 N–H and O–H groups in total. The molecular weight excluding hydrogens is 148 g/mol. The number of rotatable bonds is 1. The molecule has 1 rings (SSSR count). The van der Waals surface area contributed by atoms with Crippen molar-refractivity contribution >= 4 is 11.0 Å². The van der Waals surface area contributed by atoms with Crippen LogP contribution in [0.5, 0.6) is 0 Å². The molecule has 0 aromatic carbocycles. The minimum atomic E-state index is -1.09. The number of likely N-dealkylation sites (tertiary alicyclic amines) is 1. The van der Waals surface area contributed by atoms with Gasteiger partial charge in [0.2, 0.25) is 0 Å². The van der Waals surface area contributed by atoms with Crippen LogP contribution in [0.1, 0.15) is 12.8 Å². The predicted octanol–water partition coefficient (Wildman–Crippen LogP) is -0.297. The van der Waals surface area contributed by atoms with Crippen LogP contribution in [0.25, 0.3) is 0 Å². The second kappa shape index (κ2) is 3.46. The van der Waals surface area contributed by atoms with Gasteiger partial charge in [-0.05, 0) is 33.0 Å². The van der Waals surface area contributed by atoms with E-state index in [1.807, 2.05) is 0 Å². The summed E-state index contributed by atoms with van der Waals surface area (Å²) in [6.07, 6.45) is 1.97. The van der Waals surface area contributed by atoms with Crippen LogP contribution in [-0.4, -0.2) is 34.5 Å². The Hall–Kier alpha value is 0.0700. The fourth-order valence-corrected chi connectivity index (χ4v) is 1.89. The van der Waals surface area contributed by atoms with Crippen molar-refractivity contribution in [2.75, 3.05) is 20.1 Å². The molecule has 4 heteroatoms. The van der Waals surface area contributed by atoms with Crippen LogP contribution in [0.2, 0.25) is 0 Å². The van der Waals surface area contributed by atoms with Crippen molar-refractivity contribution in [3.63, 3.8) is 0 Å². The first kappa shape index (κ1) is 8.17. The molecule has 1 fully saturated rings. The molecule has 1 aliphatic rings. The summed E-state index contributed by atoms with van der Waals surface area (Å²) in [5, 5.41) is 5.51. The van der Waals surface area contributed by atoms with Crippen LogP contribution >= 0.6 is 0 Å². The quantitative estimate of drug-likeness (QED) is 0.575. The molecule has 1 saturated heterocycles. The van der Waals surface area contributed by atoms with Gasteiger partial charge < -0.3 is 4.90 Å². The second-order valence-electron chi connectivity index (χ2n) is 2.83. The molecule has 10 heavy (non-hydrogen) atoms. The lowest BCUT2D eigenvalue weighted by atomic mass is 10.1. The Bertz CT molecular complexity index is 132. The van der Waals surface area contributed by atoms with E-state index in [9.17, 15) is 4.21 Å². The minimum Gasteiger partial charge on any atom is -0.306 e.